The number of aromatic nitrogens is 1. The number of rotatable bonds is 1. The lowest BCUT2D eigenvalue weighted by molar-refractivity contribution is 0.394. The van der Waals surface area contributed by atoms with Crippen LogP contribution in [0.25, 0.3) is 10.9 Å². The highest BCUT2D eigenvalue weighted by Gasteiger charge is 2.32. The Labute approximate surface area is 161 Å². The molecule has 0 saturated carbocycles. The van der Waals surface area contributed by atoms with Crippen molar-refractivity contribution in [1.82, 2.24) is 4.98 Å². The van der Waals surface area contributed by atoms with Crippen molar-refractivity contribution in [2.45, 2.75) is 19.8 Å². The summed E-state index contributed by atoms with van der Waals surface area (Å²) in [6.07, 6.45) is 0. The van der Waals surface area contributed by atoms with Crippen LogP contribution in [0.15, 0.2) is 47.9 Å². The molecule has 0 radical (unpaired) electrons. The van der Waals surface area contributed by atoms with E-state index in [1.165, 1.54) is 0 Å². The van der Waals surface area contributed by atoms with Crippen molar-refractivity contribution in [3.05, 3.63) is 75.3 Å². The van der Waals surface area contributed by atoms with Crippen molar-refractivity contribution in [1.29, 1.82) is 5.26 Å². The lowest BCUT2D eigenvalue weighted by Gasteiger charge is -2.27. The summed E-state index contributed by atoms with van der Waals surface area (Å²) in [4.78, 5) is 4.58. The molecule has 1 atom stereocenters. The Bertz CT molecular complexity index is 1180. The lowest BCUT2D eigenvalue weighted by Crippen LogP contribution is -2.21. The standard InChI is InChI=1S/C21H17ClN4O/c1-10-5-11(2)14-8-15(20(22)26-17(14)6-10)19-13-4-3-12(24)7-18(13)27-21(25)16(19)9-23/h3-8,19H,24-25H2,1-2H3/t19-/m0/s1. The highest BCUT2D eigenvalue weighted by Crippen LogP contribution is 2.45. The predicted molar refractivity (Wildman–Crippen MR) is 106 cm³/mol. The molecule has 4 rings (SSSR count). The molecule has 5 nitrogen and oxygen atoms in total. The third-order valence-corrected chi connectivity index (χ3v) is 5.12. The van der Waals surface area contributed by atoms with Crippen LogP contribution in [0.3, 0.4) is 0 Å². The van der Waals surface area contributed by atoms with E-state index in [0.717, 1.165) is 27.6 Å². The molecule has 0 fully saturated rings. The number of anilines is 1. The summed E-state index contributed by atoms with van der Waals surface area (Å²) in [7, 11) is 0. The van der Waals surface area contributed by atoms with Crippen LogP contribution in [-0.4, -0.2) is 4.98 Å². The smallest absolute Gasteiger partial charge is 0.205 e. The van der Waals surface area contributed by atoms with Crippen LogP contribution >= 0.6 is 11.6 Å². The monoisotopic (exact) mass is 376 g/mol. The summed E-state index contributed by atoms with van der Waals surface area (Å²) >= 11 is 6.56. The van der Waals surface area contributed by atoms with Crippen LogP contribution in [-0.2, 0) is 0 Å². The van der Waals surface area contributed by atoms with Gasteiger partial charge in [0.15, 0.2) is 0 Å². The number of pyridine rings is 1. The van der Waals surface area contributed by atoms with Crippen LogP contribution in [0.2, 0.25) is 5.15 Å². The minimum absolute atomic E-state index is 0.0531. The molecule has 3 aromatic rings. The fourth-order valence-corrected chi connectivity index (χ4v) is 3.87. The first-order valence-corrected chi connectivity index (χ1v) is 8.81. The van der Waals surface area contributed by atoms with Crippen molar-refractivity contribution >= 4 is 28.2 Å². The molecule has 2 aromatic carbocycles. The Morgan fingerprint density at radius 2 is 1.89 bits per heavy atom. The molecule has 1 aromatic heterocycles. The lowest BCUT2D eigenvalue weighted by atomic mass is 9.83. The highest BCUT2D eigenvalue weighted by molar-refractivity contribution is 6.30. The third-order valence-electron chi connectivity index (χ3n) is 4.82. The van der Waals surface area contributed by atoms with Crippen LogP contribution in [0, 0.1) is 25.2 Å². The van der Waals surface area contributed by atoms with Gasteiger partial charge in [-0.3, -0.25) is 0 Å². The number of allylic oxidation sites excluding steroid dienone is 1. The maximum Gasteiger partial charge on any atom is 0.205 e. The van der Waals surface area contributed by atoms with E-state index < -0.39 is 5.92 Å². The van der Waals surface area contributed by atoms with E-state index in [4.69, 9.17) is 27.8 Å². The third kappa shape index (κ3) is 2.75. The van der Waals surface area contributed by atoms with E-state index in [1.807, 2.05) is 32.0 Å². The maximum atomic E-state index is 9.71. The Kier molecular flexibility index (Phi) is 3.94. The summed E-state index contributed by atoms with van der Waals surface area (Å²) in [6.45, 7) is 4.05. The summed E-state index contributed by atoms with van der Waals surface area (Å²) in [6, 6.07) is 13.5. The van der Waals surface area contributed by atoms with E-state index >= 15 is 0 Å². The fraction of sp³-hybridized carbons (Fsp3) is 0.143. The number of nitrogen functional groups attached to an aromatic ring is 1. The van der Waals surface area contributed by atoms with E-state index in [-0.39, 0.29) is 5.88 Å². The van der Waals surface area contributed by atoms with Gasteiger partial charge in [0.2, 0.25) is 5.88 Å². The second-order valence-corrected chi connectivity index (χ2v) is 7.10. The normalized spacial score (nSPS) is 16.0. The van der Waals surface area contributed by atoms with Crippen molar-refractivity contribution in [3.8, 4) is 11.8 Å². The van der Waals surface area contributed by atoms with E-state index in [2.05, 4.69) is 17.1 Å². The first kappa shape index (κ1) is 17.2. The minimum atomic E-state index is -0.468. The van der Waals surface area contributed by atoms with Crippen molar-refractivity contribution in [2.75, 3.05) is 5.73 Å². The molecule has 0 saturated heterocycles. The zero-order chi connectivity index (χ0) is 19.3. The Morgan fingerprint density at radius 1 is 1.11 bits per heavy atom. The van der Waals surface area contributed by atoms with Gasteiger partial charge in [0.1, 0.15) is 22.5 Å². The van der Waals surface area contributed by atoms with Crippen LogP contribution in [0.1, 0.15) is 28.2 Å². The van der Waals surface area contributed by atoms with Gasteiger partial charge in [-0.25, -0.2) is 4.98 Å². The number of nitriles is 1. The van der Waals surface area contributed by atoms with Gasteiger partial charge < -0.3 is 16.2 Å². The highest BCUT2D eigenvalue weighted by atomic mass is 35.5. The number of ether oxygens (including phenoxy) is 1. The average Bonchev–Trinajstić information content (AvgIpc) is 2.60. The molecule has 4 N–H and O–H groups in total. The second-order valence-electron chi connectivity index (χ2n) is 6.74. The number of halogens is 1. The molecule has 1 aliphatic rings. The van der Waals surface area contributed by atoms with Crippen LogP contribution in [0.5, 0.6) is 5.75 Å². The zero-order valence-electron chi connectivity index (χ0n) is 14.9. The van der Waals surface area contributed by atoms with E-state index in [1.54, 1.807) is 12.1 Å². The largest absolute Gasteiger partial charge is 0.440 e. The Morgan fingerprint density at radius 3 is 2.63 bits per heavy atom. The van der Waals surface area contributed by atoms with Crippen molar-refractivity contribution < 1.29 is 4.74 Å². The summed E-state index contributed by atoms with van der Waals surface area (Å²) in [5.41, 5.74) is 17.3. The van der Waals surface area contributed by atoms with Gasteiger partial charge in [-0.05, 0) is 43.2 Å². The van der Waals surface area contributed by atoms with Gasteiger partial charge in [-0.1, -0.05) is 23.7 Å². The number of nitrogens with two attached hydrogens (primary N) is 2. The fourth-order valence-electron chi connectivity index (χ4n) is 3.62. The van der Waals surface area contributed by atoms with Gasteiger partial charge in [-0.15, -0.1) is 0 Å². The summed E-state index contributed by atoms with van der Waals surface area (Å²) in [5.74, 6) is 0.107. The number of fused-ring (bicyclic) bond motifs is 2. The van der Waals surface area contributed by atoms with Gasteiger partial charge in [-0.2, -0.15) is 5.26 Å². The zero-order valence-corrected chi connectivity index (χ0v) is 15.6. The number of hydrogen-bond donors (Lipinski definition) is 2. The van der Waals surface area contributed by atoms with Crippen molar-refractivity contribution in [3.63, 3.8) is 0 Å². The molecule has 0 aliphatic carbocycles. The topological polar surface area (TPSA) is 98.0 Å². The van der Waals surface area contributed by atoms with E-state index in [0.29, 0.717) is 27.7 Å². The van der Waals surface area contributed by atoms with Gasteiger partial charge in [0, 0.05) is 28.3 Å². The van der Waals surface area contributed by atoms with Gasteiger partial charge >= 0.3 is 0 Å². The number of nitrogens with zero attached hydrogens (tertiary/aromatic N) is 2. The molecule has 0 amide bonds. The molecule has 2 heterocycles. The first-order valence-electron chi connectivity index (χ1n) is 8.43. The molecule has 1 aliphatic heterocycles. The number of hydrogen-bond acceptors (Lipinski definition) is 5. The molecule has 6 heteroatoms. The second kappa shape index (κ2) is 6.19. The van der Waals surface area contributed by atoms with E-state index in [9.17, 15) is 5.26 Å². The van der Waals surface area contributed by atoms with Crippen molar-refractivity contribution in [2.24, 2.45) is 5.73 Å². The Balaban J connectivity index is 2.02. The predicted octanol–water partition coefficient (Wildman–Crippen LogP) is 4.31. The van der Waals surface area contributed by atoms with Crippen LogP contribution < -0.4 is 16.2 Å². The minimum Gasteiger partial charge on any atom is -0.440 e. The number of aryl methyl sites for hydroxylation is 2. The molecule has 0 unspecified atom stereocenters. The average molecular weight is 377 g/mol. The van der Waals surface area contributed by atoms with Crippen LogP contribution in [0.4, 0.5) is 5.69 Å². The molecular formula is C21H17ClN4O. The molecular weight excluding hydrogens is 360 g/mol. The number of benzene rings is 2. The molecule has 27 heavy (non-hydrogen) atoms. The molecule has 0 bridgehead atoms. The SMILES string of the molecule is Cc1cc(C)c2cc([C@H]3C(C#N)=C(N)Oc4cc(N)ccc43)c(Cl)nc2c1. The van der Waals surface area contributed by atoms with Gasteiger partial charge in [0.25, 0.3) is 0 Å². The summed E-state index contributed by atoms with van der Waals surface area (Å²) < 4.78 is 5.63. The first-order chi connectivity index (χ1) is 12.9. The molecule has 0 spiro atoms. The van der Waals surface area contributed by atoms with Gasteiger partial charge in [0.05, 0.1) is 11.4 Å². The molecule has 134 valence electrons. The summed E-state index contributed by atoms with van der Waals surface area (Å²) in [5, 5.41) is 11.0. The Hall–Kier alpha value is -3.23. The quantitative estimate of drug-likeness (QED) is 0.487. The maximum absolute atomic E-state index is 9.71.